The first-order chi connectivity index (χ1) is 13.3. The van der Waals surface area contributed by atoms with Crippen molar-refractivity contribution in [3.63, 3.8) is 0 Å². The third-order valence-electron chi connectivity index (χ3n) is 4.50. The number of sulfonamides is 1. The van der Waals surface area contributed by atoms with Gasteiger partial charge in [-0.15, -0.1) is 0 Å². The lowest BCUT2D eigenvalue weighted by atomic mass is 10.0. The van der Waals surface area contributed by atoms with Crippen LogP contribution < -0.4 is 14.4 Å². The Morgan fingerprint density at radius 3 is 2.71 bits per heavy atom. The van der Waals surface area contributed by atoms with Gasteiger partial charge < -0.3 is 9.64 Å². The van der Waals surface area contributed by atoms with E-state index in [2.05, 4.69) is 9.46 Å². The van der Waals surface area contributed by atoms with Gasteiger partial charge in [-0.2, -0.15) is 8.78 Å². The normalized spacial score (nSPS) is 14.1. The topological polar surface area (TPSA) is 75.7 Å². The fourth-order valence-corrected chi connectivity index (χ4v) is 4.24. The molecule has 3 rings (SSSR count). The Balaban J connectivity index is 1.80. The number of hydrogen-bond donors (Lipinski definition) is 1. The smallest absolute Gasteiger partial charge is 0.387 e. The number of aryl methyl sites for hydroxylation is 1. The highest BCUT2D eigenvalue weighted by atomic mass is 32.2. The Labute approximate surface area is 162 Å². The van der Waals surface area contributed by atoms with Crippen LogP contribution in [0.4, 0.5) is 14.5 Å². The number of fused-ring (bicyclic) bond motifs is 1. The number of rotatable bonds is 6. The van der Waals surface area contributed by atoms with Crippen LogP contribution in [0.5, 0.6) is 5.75 Å². The number of hydrogen-bond acceptors (Lipinski definition) is 4. The molecule has 2 aromatic rings. The minimum atomic E-state index is -3.87. The Bertz CT molecular complexity index is 980. The molecule has 0 bridgehead atoms. The highest BCUT2D eigenvalue weighted by molar-refractivity contribution is 7.89. The van der Waals surface area contributed by atoms with Crippen LogP contribution in [0.2, 0.25) is 0 Å². The van der Waals surface area contributed by atoms with Gasteiger partial charge >= 0.3 is 6.61 Å². The van der Waals surface area contributed by atoms with Crippen LogP contribution in [0.15, 0.2) is 47.4 Å². The summed E-state index contributed by atoms with van der Waals surface area (Å²) in [4.78, 5) is 13.4. The van der Waals surface area contributed by atoms with Gasteiger partial charge in [0.25, 0.3) is 0 Å². The highest BCUT2D eigenvalue weighted by Crippen LogP contribution is 2.29. The summed E-state index contributed by atoms with van der Waals surface area (Å²) in [5.74, 6) is -0.173. The van der Waals surface area contributed by atoms with Crippen LogP contribution in [0.3, 0.4) is 0 Å². The molecule has 1 aliphatic heterocycles. The molecule has 0 fully saturated rings. The van der Waals surface area contributed by atoms with Crippen LogP contribution in [-0.2, 0) is 27.8 Å². The van der Waals surface area contributed by atoms with E-state index < -0.39 is 16.6 Å². The molecule has 2 aromatic carbocycles. The molecule has 1 aliphatic rings. The molecule has 0 spiro atoms. The standard InChI is InChI=1S/C19H20F2N2O4S/c1-13(24)23-10-4-6-14-11-16(8-9-17(14)23)28(25,26)22-12-15-5-2-3-7-18(15)27-19(20)21/h2-3,5,7-9,11,19,22H,4,6,10,12H2,1H3. The quantitative estimate of drug-likeness (QED) is 0.794. The van der Waals surface area contributed by atoms with Crippen LogP contribution in [0.1, 0.15) is 24.5 Å². The highest BCUT2D eigenvalue weighted by Gasteiger charge is 2.23. The molecule has 150 valence electrons. The Kier molecular flexibility index (Phi) is 5.95. The summed E-state index contributed by atoms with van der Waals surface area (Å²) >= 11 is 0. The fraction of sp³-hybridized carbons (Fsp3) is 0.316. The van der Waals surface area contributed by atoms with Crippen molar-refractivity contribution in [2.75, 3.05) is 11.4 Å². The molecule has 0 unspecified atom stereocenters. The number of para-hydroxylation sites is 1. The summed E-state index contributed by atoms with van der Waals surface area (Å²) in [7, 11) is -3.87. The number of anilines is 1. The van der Waals surface area contributed by atoms with Gasteiger partial charge in [-0.1, -0.05) is 18.2 Å². The van der Waals surface area contributed by atoms with E-state index in [0.717, 1.165) is 12.0 Å². The predicted molar refractivity (Wildman–Crippen MR) is 99.9 cm³/mol. The minimum Gasteiger partial charge on any atom is -0.434 e. The number of carbonyl (C=O) groups excluding carboxylic acids is 1. The van der Waals surface area contributed by atoms with Gasteiger partial charge in [-0.05, 0) is 42.7 Å². The Morgan fingerprint density at radius 1 is 1.25 bits per heavy atom. The molecule has 28 heavy (non-hydrogen) atoms. The van der Waals surface area contributed by atoms with Crippen molar-refractivity contribution in [2.45, 2.75) is 37.8 Å². The number of carbonyl (C=O) groups is 1. The van der Waals surface area contributed by atoms with Gasteiger partial charge in [0, 0.05) is 31.3 Å². The van der Waals surface area contributed by atoms with Crippen LogP contribution in [0, 0.1) is 0 Å². The minimum absolute atomic E-state index is 0.0592. The van der Waals surface area contributed by atoms with E-state index in [0.29, 0.717) is 24.2 Å². The van der Waals surface area contributed by atoms with Crippen molar-refractivity contribution in [1.82, 2.24) is 4.72 Å². The van der Waals surface area contributed by atoms with E-state index in [1.807, 2.05) is 0 Å². The van der Waals surface area contributed by atoms with Crippen molar-refractivity contribution >= 4 is 21.6 Å². The lowest BCUT2D eigenvalue weighted by Gasteiger charge is -2.28. The Hall–Kier alpha value is -2.52. The van der Waals surface area contributed by atoms with E-state index in [9.17, 15) is 22.0 Å². The average Bonchev–Trinajstić information content (AvgIpc) is 2.66. The van der Waals surface area contributed by atoms with E-state index in [-0.39, 0.29) is 23.1 Å². The molecular weight excluding hydrogens is 390 g/mol. The molecule has 0 radical (unpaired) electrons. The number of halogens is 2. The second kappa shape index (κ2) is 8.24. The molecule has 0 aliphatic carbocycles. The van der Waals surface area contributed by atoms with Gasteiger partial charge in [0.1, 0.15) is 5.75 Å². The summed E-state index contributed by atoms with van der Waals surface area (Å²) in [6.07, 6.45) is 1.43. The molecular formula is C19H20F2N2O4S. The summed E-state index contributed by atoms with van der Waals surface area (Å²) in [6.45, 7) is -1.11. The van der Waals surface area contributed by atoms with Crippen LogP contribution in [-0.4, -0.2) is 27.5 Å². The number of benzene rings is 2. The summed E-state index contributed by atoms with van der Waals surface area (Å²) in [5, 5.41) is 0. The molecule has 9 heteroatoms. The molecule has 0 atom stereocenters. The molecule has 0 aromatic heterocycles. The number of amides is 1. The van der Waals surface area contributed by atoms with E-state index in [4.69, 9.17) is 0 Å². The van der Waals surface area contributed by atoms with E-state index >= 15 is 0 Å². The first kappa shape index (κ1) is 20.2. The van der Waals surface area contributed by atoms with Crippen molar-refractivity contribution in [1.29, 1.82) is 0 Å². The third-order valence-corrected chi connectivity index (χ3v) is 5.90. The predicted octanol–water partition coefficient (Wildman–Crippen LogP) is 3.07. The number of ether oxygens (including phenoxy) is 1. The van der Waals surface area contributed by atoms with Crippen molar-refractivity contribution in [3.8, 4) is 5.75 Å². The van der Waals surface area contributed by atoms with Gasteiger partial charge in [0.15, 0.2) is 0 Å². The van der Waals surface area contributed by atoms with Crippen LogP contribution >= 0.6 is 0 Å². The van der Waals surface area contributed by atoms with Crippen molar-refractivity contribution in [3.05, 3.63) is 53.6 Å². The molecule has 6 nitrogen and oxygen atoms in total. The maximum atomic E-state index is 12.7. The number of nitrogens with one attached hydrogen (secondary N) is 1. The SMILES string of the molecule is CC(=O)N1CCCc2cc(S(=O)(=O)NCc3ccccc3OC(F)F)ccc21. The zero-order valence-corrected chi connectivity index (χ0v) is 16.0. The second-order valence-electron chi connectivity index (χ2n) is 6.38. The largest absolute Gasteiger partial charge is 0.434 e. The Morgan fingerprint density at radius 2 is 2.00 bits per heavy atom. The maximum Gasteiger partial charge on any atom is 0.387 e. The van der Waals surface area contributed by atoms with Gasteiger partial charge in [-0.25, -0.2) is 13.1 Å². The first-order valence-electron chi connectivity index (χ1n) is 8.71. The first-order valence-corrected chi connectivity index (χ1v) is 10.2. The summed E-state index contributed by atoms with van der Waals surface area (Å²) < 4.78 is 57.2. The summed E-state index contributed by atoms with van der Waals surface area (Å²) in [5.41, 5.74) is 1.80. The van der Waals surface area contributed by atoms with Crippen molar-refractivity contribution < 1.29 is 26.7 Å². The molecule has 1 amide bonds. The maximum absolute atomic E-state index is 12.7. The van der Waals surface area contributed by atoms with E-state index in [1.54, 1.807) is 23.1 Å². The number of nitrogens with zero attached hydrogens (tertiary/aromatic N) is 1. The molecule has 1 N–H and O–H groups in total. The molecule has 1 heterocycles. The average molecular weight is 410 g/mol. The number of alkyl halides is 2. The monoisotopic (exact) mass is 410 g/mol. The van der Waals surface area contributed by atoms with Gasteiger partial charge in [0.2, 0.25) is 15.9 Å². The van der Waals surface area contributed by atoms with Gasteiger partial charge in [-0.3, -0.25) is 4.79 Å². The fourth-order valence-electron chi connectivity index (χ4n) is 3.18. The molecule has 0 saturated heterocycles. The second-order valence-corrected chi connectivity index (χ2v) is 8.14. The lowest BCUT2D eigenvalue weighted by molar-refractivity contribution is -0.116. The third kappa shape index (κ3) is 4.48. The van der Waals surface area contributed by atoms with Gasteiger partial charge in [0.05, 0.1) is 4.90 Å². The summed E-state index contributed by atoms with van der Waals surface area (Å²) in [6, 6.07) is 10.6. The molecule has 0 saturated carbocycles. The zero-order chi connectivity index (χ0) is 20.3. The van der Waals surface area contributed by atoms with Crippen LogP contribution in [0.25, 0.3) is 0 Å². The lowest BCUT2D eigenvalue weighted by Crippen LogP contribution is -2.33. The van der Waals surface area contributed by atoms with Crippen molar-refractivity contribution in [2.24, 2.45) is 0 Å². The zero-order valence-electron chi connectivity index (χ0n) is 15.2. The van der Waals surface area contributed by atoms with E-state index in [1.165, 1.54) is 31.2 Å².